The minimum absolute atomic E-state index is 0.265. The van der Waals surface area contributed by atoms with E-state index in [2.05, 4.69) is 21.0 Å². The van der Waals surface area contributed by atoms with Crippen LogP contribution in [0.5, 0.6) is 0 Å². The van der Waals surface area contributed by atoms with Crippen LogP contribution < -0.4 is 4.90 Å². The van der Waals surface area contributed by atoms with Gasteiger partial charge in [0.1, 0.15) is 11.9 Å². The lowest BCUT2D eigenvalue weighted by Gasteiger charge is -2.33. The van der Waals surface area contributed by atoms with E-state index in [4.69, 9.17) is 0 Å². The molecule has 6 rings (SSSR count). The van der Waals surface area contributed by atoms with E-state index in [0.717, 1.165) is 15.6 Å². The number of rotatable bonds is 3. The van der Waals surface area contributed by atoms with Gasteiger partial charge in [-0.05, 0) is 53.6 Å². The summed E-state index contributed by atoms with van der Waals surface area (Å²) in [5.74, 6) is -3.32. The number of carbonyl (C=O) groups excluding carboxylic acids is 3. The molecule has 0 bridgehead atoms. The van der Waals surface area contributed by atoms with Crippen molar-refractivity contribution in [3.8, 4) is 0 Å². The van der Waals surface area contributed by atoms with Gasteiger partial charge in [-0.1, -0.05) is 46.3 Å². The third-order valence-electron chi connectivity index (χ3n) is 6.76. The average molecular weight is 518 g/mol. The summed E-state index contributed by atoms with van der Waals surface area (Å²) >= 11 is 3.40. The molecule has 2 saturated heterocycles. The summed E-state index contributed by atoms with van der Waals surface area (Å²) in [6, 6.07) is 18.2. The fourth-order valence-corrected chi connectivity index (χ4v) is 5.71. The van der Waals surface area contributed by atoms with Crippen LogP contribution in [0.3, 0.4) is 0 Å². The first-order valence-electron chi connectivity index (χ1n) is 10.8. The van der Waals surface area contributed by atoms with E-state index in [9.17, 15) is 18.8 Å². The van der Waals surface area contributed by atoms with Gasteiger partial charge >= 0.3 is 0 Å². The first-order valence-corrected chi connectivity index (χ1v) is 11.6. The number of nitrogens with zero attached hydrogens (tertiary/aromatic N) is 3. The molecule has 3 heterocycles. The lowest BCUT2D eigenvalue weighted by Crippen LogP contribution is -2.44. The Bertz CT molecular complexity index is 1390. The summed E-state index contributed by atoms with van der Waals surface area (Å²) in [4.78, 5) is 42.4. The van der Waals surface area contributed by atoms with Crippen LogP contribution in [0.4, 0.5) is 10.1 Å². The van der Waals surface area contributed by atoms with E-state index < -0.39 is 35.6 Å². The SMILES string of the molecule is O=C(c1ccc(F)cc1)[C@@H]1[C@@H]2C(=O)N(c3cccc(Br)c3)C(=O)[C@H]2[C@H]2c3ccccc3C=NN12. The monoisotopic (exact) mass is 517 g/mol. The molecular weight excluding hydrogens is 501 g/mol. The summed E-state index contributed by atoms with van der Waals surface area (Å²) in [5.41, 5.74) is 2.41. The number of fused-ring (bicyclic) bond motifs is 5. The Balaban J connectivity index is 1.50. The van der Waals surface area contributed by atoms with Crippen LogP contribution in [-0.4, -0.2) is 34.9 Å². The number of Topliss-reactive ketones (excluding diaryl/α,β-unsaturated/α-hetero) is 1. The van der Waals surface area contributed by atoms with Gasteiger partial charge in [0.05, 0.1) is 29.8 Å². The maximum absolute atomic E-state index is 13.8. The fourth-order valence-electron chi connectivity index (χ4n) is 5.32. The van der Waals surface area contributed by atoms with Gasteiger partial charge in [0, 0.05) is 10.0 Å². The molecule has 0 aliphatic carbocycles. The van der Waals surface area contributed by atoms with Gasteiger partial charge in [0.25, 0.3) is 0 Å². The number of anilines is 1. The van der Waals surface area contributed by atoms with E-state index in [-0.39, 0.29) is 17.3 Å². The quantitative estimate of drug-likeness (QED) is 0.382. The van der Waals surface area contributed by atoms with Crippen LogP contribution >= 0.6 is 15.9 Å². The van der Waals surface area contributed by atoms with Crippen molar-refractivity contribution in [2.24, 2.45) is 16.9 Å². The maximum atomic E-state index is 13.8. The van der Waals surface area contributed by atoms with E-state index in [1.165, 1.54) is 29.2 Å². The Morgan fingerprint density at radius 1 is 0.912 bits per heavy atom. The van der Waals surface area contributed by atoms with E-state index in [1.807, 2.05) is 30.3 Å². The summed E-state index contributed by atoms with van der Waals surface area (Å²) < 4.78 is 14.2. The summed E-state index contributed by atoms with van der Waals surface area (Å²) in [7, 11) is 0. The Kier molecular flexibility index (Phi) is 4.74. The van der Waals surface area contributed by atoms with Gasteiger partial charge in [-0.2, -0.15) is 5.10 Å². The van der Waals surface area contributed by atoms with Crippen molar-refractivity contribution < 1.29 is 18.8 Å². The second-order valence-electron chi connectivity index (χ2n) is 8.56. The molecule has 168 valence electrons. The van der Waals surface area contributed by atoms with Gasteiger partial charge in [-0.25, -0.2) is 9.29 Å². The van der Waals surface area contributed by atoms with Crippen molar-refractivity contribution in [3.05, 3.63) is 99.8 Å². The lowest BCUT2D eigenvalue weighted by molar-refractivity contribution is -0.124. The standard InChI is InChI=1S/C26H17BrFN3O3/c27-16-5-3-6-18(12-16)30-25(33)20-21(26(30)34)23(24(32)14-8-10-17(28)11-9-14)31-22(20)19-7-2-1-4-15(19)13-29-31/h1-13,20-23H/t20-,21-,22-,23+/m1/s1. The minimum Gasteiger partial charge on any atom is -0.292 e. The zero-order valence-corrected chi connectivity index (χ0v) is 19.2. The number of benzene rings is 3. The molecule has 3 aliphatic rings. The Morgan fingerprint density at radius 3 is 2.41 bits per heavy atom. The molecule has 0 N–H and O–H groups in total. The first kappa shape index (κ1) is 20.9. The first-order chi connectivity index (χ1) is 16.5. The molecule has 0 aromatic heterocycles. The summed E-state index contributed by atoms with van der Waals surface area (Å²) in [6.45, 7) is 0. The highest BCUT2D eigenvalue weighted by Crippen LogP contribution is 2.53. The molecule has 3 aliphatic heterocycles. The Morgan fingerprint density at radius 2 is 1.65 bits per heavy atom. The van der Waals surface area contributed by atoms with E-state index in [1.54, 1.807) is 29.4 Å². The molecular formula is C26H17BrFN3O3. The van der Waals surface area contributed by atoms with Crippen LogP contribution in [-0.2, 0) is 9.59 Å². The molecule has 0 spiro atoms. The molecule has 0 saturated carbocycles. The number of carbonyl (C=O) groups is 3. The third-order valence-corrected chi connectivity index (χ3v) is 7.25. The zero-order valence-electron chi connectivity index (χ0n) is 17.6. The highest BCUT2D eigenvalue weighted by Gasteiger charge is 2.65. The Labute approximate surface area is 202 Å². The summed E-state index contributed by atoms with van der Waals surface area (Å²) in [6.07, 6.45) is 1.65. The third kappa shape index (κ3) is 2.98. The van der Waals surface area contributed by atoms with Crippen molar-refractivity contribution in [2.75, 3.05) is 4.90 Å². The van der Waals surface area contributed by atoms with Crippen LogP contribution in [0.25, 0.3) is 0 Å². The molecule has 3 aromatic rings. The molecule has 3 aromatic carbocycles. The average Bonchev–Trinajstić information content (AvgIpc) is 3.31. The van der Waals surface area contributed by atoms with Gasteiger partial charge < -0.3 is 0 Å². The number of hydrogen-bond donors (Lipinski definition) is 0. The van der Waals surface area contributed by atoms with Crippen LogP contribution in [0.2, 0.25) is 0 Å². The van der Waals surface area contributed by atoms with Crippen LogP contribution in [0.15, 0.2) is 82.4 Å². The van der Waals surface area contributed by atoms with E-state index >= 15 is 0 Å². The smallest absolute Gasteiger partial charge is 0.240 e. The fraction of sp³-hybridized carbons (Fsp3) is 0.154. The number of amides is 2. The van der Waals surface area contributed by atoms with Crippen molar-refractivity contribution in [3.63, 3.8) is 0 Å². The molecule has 0 radical (unpaired) electrons. The summed E-state index contributed by atoms with van der Waals surface area (Å²) in [5, 5.41) is 6.12. The largest absolute Gasteiger partial charge is 0.292 e. The van der Waals surface area contributed by atoms with Crippen molar-refractivity contribution in [1.29, 1.82) is 0 Å². The Hall–Kier alpha value is -3.65. The number of imide groups is 1. The van der Waals surface area contributed by atoms with E-state index in [0.29, 0.717) is 5.69 Å². The molecule has 2 amide bonds. The topological polar surface area (TPSA) is 70.0 Å². The molecule has 34 heavy (non-hydrogen) atoms. The van der Waals surface area contributed by atoms with Crippen molar-refractivity contribution in [1.82, 2.24) is 5.01 Å². The molecule has 8 heteroatoms. The van der Waals surface area contributed by atoms with Crippen molar-refractivity contribution in [2.45, 2.75) is 12.1 Å². The number of halogens is 2. The van der Waals surface area contributed by atoms with Gasteiger partial charge in [0.15, 0.2) is 5.78 Å². The van der Waals surface area contributed by atoms with Gasteiger partial charge in [-0.15, -0.1) is 0 Å². The highest BCUT2D eigenvalue weighted by atomic mass is 79.9. The predicted molar refractivity (Wildman–Crippen MR) is 127 cm³/mol. The van der Waals surface area contributed by atoms with Gasteiger partial charge in [-0.3, -0.25) is 19.4 Å². The second kappa shape index (κ2) is 7.70. The molecule has 6 nitrogen and oxygen atoms in total. The predicted octanol–water partition coefficient (Wildman–Crippen LogP) is 4.35. The maximum Gasteiger partial charge on any atom is 0.240 e. The normalized spacial score (nSPS) is 24.8. The van der Waals surface area contributed by atoms with Crippen LogP contribution in [0, 0.1) is 17.7 Å². The molecule has 4 atom stereocenters. The second-order valence-corrected chi connectivity index (χ2v) is 9.47. The molecule has 2 fully saturated rings. The number of ketones is 1. The highest BCUT2D eigenvalue weighted by molar-refractivity contribution is 9.10. The molecule has 0 unspecified atom stereocenters. The van der Waals surface area contributed by atoms with Crippen LogP contribution in [0.1, 0.15) is 27.5 Å². The lowest BCUT2D eigenvalue weighted by atomic mass is 9.83. The number of hydrazone groups is 1. The van der Waals surface area contributed by atoms with Crippen molar-refractivity contribution >= 4 is 45.4 Å². The number of hydrogen-bond acceptors (Lipinski definition) is 5. The zero-order chi connectivity index (χ0) is 23.6. The van der Waals surface area contributed by atoms with Gasteiger partial charge in [0.2, 0.25) is 11.8 Å². The minimum atomic E-state index is -0.987.